The first kappa shape index (κ1) is 13.4. The first-order valence-electron chi connectivity index (χ1n) is 7.34. The van der Waals surface area contributed by atoms with Crippen LogP contribution in [0, 0.1) is 33.9 Å². The zero-order chi connectivity index (χ0) is 14.5. The highest BCUT2D eigenvalue weighted by Gasteiger charge is 2.61. The summed E-state index contributed by atoms with van der Waals surface area (Å²) in [5, 5.41) is 12.7. The number of benzene rings is 1. The molecule has 1 N–H and O–H groups in total. The van der Waals surface area contributed by atoms with Crippen molar-refractivity contribution in [2.45, 2.75) is 46.1 Å². The average Bonchev–Trinajstić information content (AvgIpc) is 2.74. The minimum Gasteiger partial charge on any atom is -0.381 e. The topological polar surface area (TPSA) is 35.8 Å². The lowest BCUT2D eigenvalue weighted by atomic mass is 9.69. The van der Waals surface area contributed by atoms with Crippen LogP contribution in [0.4, 0.5) is 10.1 Å². The van der Waals surface area contributed by atoms with Crippen LogP contribution in [0.2, 0.25) is 0 Å². The van der Waals surface area contributed by atoms with Crippen molar-refractivity contribution in [3.8, 4) is 6.07 Å². The van der Waals surface area contributed by atoms with Crippen molar-refractivity contribution in [2.24, 2.45) is 16.7 Å². The Morgan fingerprint density at radius 3 is 2.65 bits per heavy atom. The highest BCUT2D eigenvalue weighted by atomic mass is 19.1. The van der Waals surface area contributed by atoms with E-state index in [0.717, 1.165) is 18.0 Å². The standard InChI is InChI=1S/C17H21FN2/c1-16(2)12-6-7-17(16,3)15(9-12)20-14-5-4-13(18)8-11(14)10-19/h4-5,8,12,15,20H,6-7,9H2,1-3H3. The quantitative estimate of drug-likeness (QED) is 0.870. The summed E-state index contributed by atoms with van der Waals surface area (Å²) in [6.07, 6.45) is 3.67. The van der Waals surface area contributed by atoms with E-state index in [-0.39, 0.29) is 11.2 Å². The molecule has 0 saturated heterocycles. The zero-order valence-corrected chi connectivity index (χ0v) is 12.3. The minimum atomic E-state index is -0.355. The van der Waals surface area contributed by atoms with Crippen molar-refractivity contribution < 1.29 is 4.39 Å². The Morgan fingerprint density at radius 1 is 1.35 bits per heavy atom. The molecule has 106 valence electrons. The van der Waals surface area contributed by atoms with Gasteiger partial charge in [-0.15, -0.1) is 0 Å². The fourth-order valence-corrected chi connectivity index (χ4v) is 4.34. The van der Waals surface area contributed by atoms with E-state index in [4.69, 9.17) is 5.26 Å². The molecule has 0 radical (unpaired) electrons. The normalized spacial score (nSPS) is 34.0. The van der Waals surface area contributed by atoms with Gasteiger partial charge in [0, 0.05) is 6.04 Å². The van der Waals surface area contributed by atoms with E-state index >= 15 is 0 Å². The summed E-state index contributed by atoms with van der Waals surface area (Å²) in [6, 6.07) is 6.87. The number of hydrogen-bond acceptors (Lipinski definition) is 2. The van der Waals surface area contributed by atoms with Gasteiger partial charge in [-0.2, -0.15) is 5.26 Å². The van der Waals surface area contributed by atoms with Crippen LogP contribution in [-0.2, 0) is 0 Å². The molecular weight excluding hydrogens is 251 g/mol. The number of rotatable bonds is 2. The van der Waals surface area contributed by atoms with Crippen LogP contribution in [0.15, 0.2) is 18.2 Å². The molecular formula is C17H21FN2. The second-order valence-corrected chi connectivity index (χ2v) is 7.11. The molecule has 20 heavy (non-hydrogen) atoms. The summed E-state index contributed by atoms with van der Waals surface area (Å²) in [5.41, 5.74) is 1.74. The van der Waals surface area contributed by atoms with Crippen LogP contribution >= 0.6 is 0 Å². The van der Waals surface area contributed by atoms with Gasteiger partial charge in [-0.25, -0.2) is 4.39 Å². The van der Waals surface area contributed by atoms with Gasteiger partial charge in [0.25, 0.3) is 0 Å². The number of hydrogen-bond donors (Lipinski definition) is 1. The number of fused-ring (bicyclic) bond motifs is 2. The van der Waals surface area contributed by atoms with Gasteiger partial charge in [0.05, 0.1) is 11.3 Å². The summed E-state index contributed by atoms with van der Waals surface area (Å²) < 4.78 is 13.2. The molecule has 3 heteroatoms. The Hall–Kier alpha value is -1.56. The van der Waals surface area contributed by atoms with Crippen LogP contribution in [0.25, 0.3) is 0 Å². The van der Waals surface area contributed by atoms with E-state index in [0.29, 0.717) is 17.0 Å². The highest BCUT2D eigenvalue weighted by molar-refractivity contribution is 5.58. The molecule has 1 aromatic rings. The maximum absolute atomic E-state index is 13.2. The third kappa shape index (κ3) is 1.67. The predicted molar refractivity (Wildman–Crippen MR) is 77.8 cm³/mol. The fraction of sp³-hybridized carbons (Fsp3) is 0.588. The molecule has 0 spiro atoms. The van der Waals surface area contributed by atoms with Gasteiger partial charge >= 0.3 is 0 Å². The van der Waals surface area contributed by atoms with Crippen LogP contribution in [0.5, 0.6) is 0 Å². The van der Waals surface area contributed by atoms with Crippen molar-refractivity contribution >= 4 is 5.69 Å². The smallest absolute Gasteiger partial charge is 0.124 e. The van der Waals surface area contributed by atoms with Crippen molar-refractivity contribution in [2.75, 3.05) is 5.32 Å². The molecule has 3 unspecified atom stereocenters. The first-order valence-corrected chi connectivity index (χ1v) is 7.34. The Morgan fingerprint density at radius 2 is 2.10 bits per heavy atom. The van der Waals surface area contributed by atoms with Crippen molar-refractivity contribution in [3.05, 3.63) is 29.6 Å². The molecule has 3 rings (SSSR count). The fourth-order valence-electron chi connectivity index (χ4n) is 4.34. The Balaban J connectivity index is 1.89. The molecule has 0 aromatic heterocycles. The van der Waals surface area contributed by atoms with Gasteiger partial charge in [0.2, 0.25) is 0 Å². The van der Waals surface area contributed by atoms with E-state index in [1.165, 1.54) is 25.0 Å². The minimum absolute atomic E-state index is 0.249. The molecule has 2 bridgehead atoms. The van der Waals surface area contributed by atoms with E-state index in [2.05, 4.69) is 32.2 Å². The molecule has 0 amide bonds. The number of halogens is 1. The zero-order valence-electron chi connectivity index (χ0n) is 12.3. The van der Waals surface area contributed by atoms with Crippen LogP contribution in [0.1, 0.15) is 45.6 Å². The second-order valence-electron chi connectivity index (χ2n) is 7.11. The first-order chi connectivity index (χ1) is 9.38. The van der Waals surface area contributed by atoms with E-state index < -0.39 is 0 Å². The monoisotopic (exact) mass is 272 g/mol. The van der Waals surface area contributed by atoms with Gasteiger partial charge < -0.3 is 5.32 Å². The number of nitrogens with one attached hydrogen (secondary N) is 1. The summed E-state index contributed by atoms with van der Waals surface area (Å²) in [6.45, 7) is 7.08. The lowest BCUT2D eigenvalue weighted by molar-refractivity contribution is 0.142. The molecule has 1 aromatic carbocycles. The van der Waals surface area contributed by atoms with Gasteiger partial charge in [0.1, 0.15) is 11.9 Å². The molecule has 2 aliphatic carbocycles. The van der Waals surface area contributed by atoms with Crippen molar-refractivity contribution in [1.29, 1.82) is 5.26 Å². The molecule has 3 atom stereocenters. The van der Waals surface area contributed by atoms with Crippen molar-refractivity contribution in [1.82, 2.24) is 0 Å². The highest BCUT2D eigenvalue weighted by Crippen LogP contribution is 2.65. The Labute approximate surface area is 120 Å². The third-order valence-electron chi connectivity index (χ3n) is 6.23. The lowest BCUT2D eigenvalue weighted by Crippen LogP contribution is -2.40. The summed E-state index contributed by atoms with van der Waals surface area (Å²) in [4.78, 5) is 0. The predicted octanol–water partition coefficient (Wildman–Crippen LogP) is 4.32. The maximum Gasteiger partial charge on any atom is 0.124 e. The van der Waals surface area contributed by atoms with Crippen LogP contribution in [0.3, 0.4) is 0 Å². The van der Waals surface area contributed by atoms with Gasteiger partial charge in [-0.3, -0.25) is 0 Å². The summed E-state index contributed by atoms with van der Waals surface area (Å²) in [5.74, 6) is 0.391. The second kappa shape index (κ2) is 4.22. The van der Waals surface area contributed by atoms with Crippen molar-refractivity contribution in [3.63, 3.8) is 0 Å². The van der Waals surface area contributed by atoms with E-state index in [1.54, 1.807) is 6.07 Å². The summed E-state index contributed by atoms with van der Waals surface area (Å²) >= 11 is 0. The van der Waals surface area contributed by atoms with Gasteiger partial charge in [-0.1, -0.05) is 20.8 Å². The number of nitrogens with zero attached hydrogens (tertiary/aromatic N) is 1. The van der Waals surface area contributed by atoms with Gasteiger partial charge in [-0.05, 0) is 54.2 Å². The molecule has 2 nitrogen and oxygen atoms in total. The number of nitriles is 1. The van der Waals surface area contributed by atoms with Crippen LogP contribution in [-0.4, -0.2) is 6.04 Å². The molecule has 0 heterocycles. The average molecular weight is 272 g/mol. The number of anilines is 1. The maximum atomic E-state index is 13.2. The Kier molecular flexibility index (Phi) is 2.83. The van der Waals surface area contributed by atoms with E-state index in [9.17, 15) is 4.39 Å². The third-order valence-corrected chi connectivity index (χ3v) is 6.23. The SMILES string of the molecule is CC1(C)C2CCC1(C)C(Nc1ccc(F)cc1C#N)C2. The molecule has 2 fully saturated rings. The van der Waals surface area contributed by atoms with E-state index in [1.807, 2.05) is 0 Å². The molecule has 2 saturated carbocycles. The van der Waals surface area contributed by atoms with Gasteiger partial charge in [0.15, 0.2) is 0 Å². The Bertz CT molecular complexity index is 587. The summed E-state index contributed by atoms with van der Waals surface area (Å²) in [7, 11) is 0. The lowest BCUT2D eigenvalue weighted by Gasteiger charge is -2.40. The molecule has 2 aliphatic rings. The van der Waals surface area contributed by atoms with Crippen LogP contribution < -0.4 is 5.32 Å². The largest absolute Gasteiger partial charge is 0.381 e. The molecule has 0 aliphatic heterocycles.